The van der Waals surface area contributed by atoms with Crippen LogP contribution in [0.25, 0.3) is 0 Å². The molecule has 0 aliphatic carbocycles. The second-order valence-corrected chi connectivity index (χ2v) is 5.18. The van der Waals surface area contributed by atoms with Crippen LogP contribution in [0.3, 0.4) is 0 Å². The standard InChI is InChI=1S/C16H20N2O2/c1-2-5-15(6-3-1)7-8-16(19-11-4-12-20-16)13-18-10-9-17-14-18/h1-3,5-6,9-10,14H,4,7-8,11-13H2. The molecule has 0 saturated carbocycles. The van der Waals surface area contributed by atoms with Gasteiger partial charge in [-0.1, -0.05) is 30.3 Å². The van der Waals surface area contributed by atoms with Crippen molar-refractivity contribution in [3.05, 3.63) is 54.6 Å². The molecule has 4 heteroatoms. The van der Waals surface area contributed by atoms with Gasteiger partial charge in [-0.15, -0.1) is 0 Å². The third-order valence-electron chi connectivity index (χ3n) is 3.64. The van der Waals surface area contributed by atoms with E-state index in [1.165, 1.54) is 5.56 Å². The number of aryl methyl sites for hydroxylation is 1. The Hall–Kier alpha value is -1.65. The van der Waals surface area contributed by atoms with Crippen LogP contribution in [0.5, 0.6) is 0 Å². The molecular formula is C16H20N2O2. The van der Waals surface area contributed by atoms with Gasteiger partial charge in [0.1, 0.15) is 0 Å². The zero-order valence-corrected chi connectivity index (χ0v) is 11.6. The molecule has 0 amide bonds. The van der Waals surface area contributed by atoms with Crippen LogP contribution < -0.4 is 0 Å². The third kappa shape index (κ3) is 3.26. The molecule has 1 aliphatic rings. The lowest BCUT2D eigenvalue weighted by Crippen LogP contribution is -2.44. The van der Waals surface area contributed by atoms with Crippen LogP contribution in [0.15, 0.2) is 49.1 Å². The summed E-state index contributed by atoms with van der Waals surface area (Å²) < 4.78 is 14.0. The molecule has 0 N–H and O–H groups in total. The van der Waals surface area contributed by atoms with Crippen molar-refractivity contribution < 1.29 is 9.47 Å². The van der Waals surface area contributed by atoms with Gasteiger partial charge in [0.05, 0.1) is 26.1 Å². The molecule has 2 aromatic rings. The van der Waals surface area contributed by atoms with Crippen molar-refractivity contribution in [3.8, 4) is 0 Å². The summed E-state index contributed by atoms with van der Waals surface area (Å²) in [6.07, 6.45) is 8.33. The average molecular weight is 272 g/mol. The van der Waals surface area contributed by atoms with Crippen LogP contribution >= 0.6 is 0 Å². The highest BCUT2D eigenvalue weighted by Crippen LogP contribution is 2.27. The number of hydrogen-bond donors (Lipinski definition) is 0. The van der Waals surface area contributed by atoms with Gasteiger partial charge >= 0.3 is 0 Å². The first kappa shape index (κ1) is 13.3. The maximum absolute atomic E-state index is 5.99. The molecule has 2 heterocycles. The molecule has 4 nitrogen and oxygen atoms in total. The van der Waals surface area contributed by atoms with Gasteiger partial charge in [-0.3, -0.25) is 0 Å². The van der Waals surface area contributed by atoms with Crippen molar-refractivity contribution in [1.82, 2.24) is 9.55 Å². The fourth-order valence-electron chi connectivity index (χ4n) is 2.57. The molecule has 1 aromatic carbocycles. The molecule has 20 heavy (non-hydrogen) atoms. The molecule has 0 unspecified atom stereocenters. The number of aromatic nitrogens is 2. The summed E-state index contributed by atoms with van der Waals surface area (Å²) in [7, 11) is 0. The van der Waals surface area contributed by atoms with Crippen molar-refractivity contribution >= 4 is 0 Å². The number of nitrogens with zero attached hydrogens (tertiary/aromatic N) is 2. The number of benzene rings is 1. The van der Waals surface area contributed by atoms with Crippen molar-refractivity contribution in [2.24, 2.45) is 0 Å². The first-order valence-electron chi connectivity index (χ1n) is 7.14. The second kappa shape index (κ2) is 6.20. The Balaban J connectivity index is 1.69. The van der Waals surface area contributed by atoms with Crippen LogP contribution in [-0.2, 0) is 22.4 Å². The van der Waals surface area contributed by atoms with Crippen molar-refractivity contribution in [3.63, 3.8) is 0 Å². The number of imidazole rings is 1. The molecule has 1 aromatic heterocycles. The molecule has 1 saturated heterocycles. The molecule has 1 aliphatic heterocycles. The van der Waals surface area contributed by atoms with E-state index in [2.05, 4.69) is 29.2 Å². The smallest absolute Gasteiger partial charge is 0.186 e. The Morgan fingerprint density at radius 3 is 2.65 bits per heavy atom. The van der Waals surface area contributed by atoms with Crippen LogP contribution in [-0.4, -0.2) is 28.6 Å². The summed E-state index contributed by atoms with van der Waals surface area (Å²) in [6, 6.07) is 10.5. The third-order valence-corrected chi connectivity index (χ3v) is 3.64. The van der Waals surface area contributed by atoms with Gasteiger partial charge in [0.15, 0.2) is 5.79 Å². The Morgan fingerprint density at radius 1 is 1.15 bits per heavy atom. The number of hydrogen-bond acceptors (Lipinski definition) is 3. The fraction of sp³-hybridized carbons (Fsp3) is 0.438. The maximum Gasteiger partial charge on any atom is 0.186 e. The largest absolute Gasteiger partial charge is 0.348 e. The van der Waals surface area contributed by atoms with E-state index in [9.17, 15) is 0 Å². The van der Waals surface area contributed by atoms with Gasteiger partial charge in [-0.2, -0.15) is 0 Å². The normalized spacial score (nSPS) is 18.0. The molecular weight excluding hydrogens is 252 g/mol. The molecule has 3 rings (SSSR count). The molecule has 1 fully saturated rings. The number of rotatable bonds is 5. The SMILES string of the molecule is c1ccc(CCC2(Cn3ccnc3)OCCCO2)cc1. The Labute approximate surface area is 119 Å². The van der Waals surface area contributed by atoms with Crippen LogP contribution in [0.4, 0.5) is 0 Å². The van der Waals surface area contributed by atoms with E-state index in [4.69, 9.17) is 9.47 Å². The summed E-state index contributed by atoms with van der Waals surface area (Å²) in [5.74, 6) is -0.519. The molecule has 0 bridgehead atoms. The Morgan fingerprint density at radius 2 is 1.95 bits per heavy atom. The van der Waals surface area contributed by atoms with Crippen molar-refractivity contribution in [2.75, 3.05) is 13.2 Å². The monoisotopic (exact) mass is 272 g/mol. The first-order chi connectivity index (χ1) is 9.86. The van der Waals surface area contributed by atoms with Gasteiger partial charge in [-0.05, 0) is 18.4 Å². The minimum Gasteiger partial charge on any atom is -0.348 e. The lowest BCUT2D eigenvalue weighted by molar-refractivity contribution is -0.276. The summed E-state index contributed by atoms with van der Waals surface area (Å²) in [6.45, 7) is 2.23. The predicted molar refractivity (Wildman–Crippen MR) is 76.2 cm³/mol. The van der Waals surface area contributed by atoms with E-state index in [1.807, 2.05) is 23.2 Å². The van der Waals surface area contributed by atoms with Gasteiger partial charge in [0.2, 0.25) is 0 Å². The summed E-state index contributed by atoms with van der Waals surface area (Å²) in [4.78, 5) is 4.09. The van der Waals surface area contributed by atoms with E-state index in [0.29, 0.717) is 6.54 Å². The Kier molecular flexibility index (Phi) is 4.14. The minimum absolute atomic E-state index is 0.519. The first-order valence-corrected chi connectivity index (χ1v) is 7.14. The second-order valence-electron chi connectivity index (χ2n) is 5.18. The lowest BCUT2D eigenvalue weighted by atomic mass is 10.0. The highest BCUT2D eigenvalue weighted by atomic mass is 16.7. The summed E-state index contributed by atoms with van der Waals surface area (Å²) >= 11 is 0. The van der Waals surface area contributed by atoms with Crippen molar-refractivity contribution in [2.45, 2.75) is 31.6 Å². The highest BCUT2D eigenvalue weighted by Gasteiger charge is 2.34. The zero-order chi connectivity index (χ0) is 13.7. The van der Waals surface area contributed by atoms with Crippen LogP contribution in [0.2, 0.25) is 0 Å². The molecule has 0 atom stereocenters. The highest BCUT2D eigenvalue weighted by molar-refractivity contribution is 5.14. The zero-order valence-electron chi connectivity index (χ0n) is 11.6. The van der Waals surface area contributed by atoms with Crippen LogP contribution in [0, 0.1) is 0 Å². The quantitative estimate of drug-likeness (QED) is 0.839. The lowest BCUT2D eigenvalue weighted by Gasteiger charge is -2.37. The number of ether oxygens (including phenoxy) is 2. The van der Waals surface area contributed by atoms with Gasteiger partial charge in [-0.25, -0.2) is 4.98 Å². The predicted octanol–water partition coefficient (Wildman–Crippen LogP) is 2.65. The Bertz CT molecular complexity index is 505. The van der Waals surface area contributed by atoms with E-state index in [-0.39, 0.29) is 0 Å². The van der Waals surface area contributed by atoms with E-state index < -0.39 is 5.79 Å². The maximum atomic E-state index is 5.99. The molecule has 106 valence electrons. The molecule has 0 spiro atoms. The minimum atomic E-state index is -0.519. The molecule has 0 radical (unpaired) electrons. The fourth-order valence-corrected chi connectivity index (χ4v) is 2.57. The van der Waals surface area contributed by atoms with Gasteiger partial charge < -0.3 is 14.0 Å². The van der Waals surface area contributed by atoms with Crippen LogP contribution in [0.1, 0.15) is 18.4 Å². The topological polar surface area (TPSA) is 36.3 Å². The van der Waals surface area contributed by atoms with E-state index in [1.54, 1.807) is 6.20 Å². The summed E-state index contributed by atoms with van der Waals surface area (Å²) in [5, 5.41) is 0. The summed E-state index contributed by atoms with van der Waals surface area (Å²) in [5.41, 5.74) is 1.32. The van der Waals surface area contributed by atoms with E-state index in [0.717, 1.165) is 32.5 Å². The van der Waals surface area contributed by atoms with E-state index >= 15 is 0 Å². The average Bonchev–Trinajstić information content (AvgIpc) is 3.00. The van der Waals surface area contributed by atoms with Gasteiger partial charge in [0.25, 0.3) is 0 Å². The van der Waals surface area contributed by atoms with Gasteiger partial charge in [0, 0.05) is 18.8 Å². The van der Waals surface area contributed by atoms with Crippen molar-refractivity contribution in [1.29, 1.82) is 0 Å².